The van der Waals surface area contributed by atoms with E-state index in [9.17, 15) is 14.9 Å². The van der Waals surface area contributed by atoms with Crippen LogP contribution in [0.5, 0.6) is 0 Å². The Hall–Kier alpha value is -3.61. The highest BCUT2D eigenvalue weighted by Crippen LogP contribution is 2.15. The third-order valence-corrected chi connectivity index (χ3v) is 3.33. The molecule has 0 fully saturated rings. The van der Waals surface area contributed by atoms with Gasteiger partial charge in [0.05, 0.1) is 22.2 Å². The van der Waals surface area contributed by atoms with Crippen molar-refractivity contribution in [3.8, 4) is 0 Å². The molecule has 118 valence electrons. The topological polar surface area (TPSA) is 97.5 Å². The standard InChI is InChI=1S/C17H12N4O3/c22-17(15-10-9-12-5-1-3-7-14(12)19-15)20-18-11-13-6-2-4-8-16(13)21(23)24/h1-11H,(H,20,22). The first-order valence-electron chi connectivity index (χ1n) is 7.08. The Morgan fingerprint density at radius 3 is 2.67 bits per heavy atom. The van der Waals surface area contributed by atoms with E-state index in [0.717, 1.165) is 5.39 Å². The Kier molecular flexibility index (Phi) is 4.24. The molecule has 1 heterocycles. The number of hydrogen-bond acceptors (Lipinski definition) is 5. The number of nitro groups is 1. The minimum absolute atomic E-state index is 0.0840. The fourth-order valence-electron chi connectivity index (χ4n) is 2.17. The second-order valence-electron chi connectivity index (χ2n) is 4.90. The highest BCUT2D eigenvalue weighted by atomic mass is 16.6. The molecular weight excluding hydrogens is 308 g/mol. The van der Waals surface area contributed by atoms with E-state index in [1.807, 2.05) is 24.3 Å². The molecule has 3 rings (SSSR count). The first-order valence-corrected chi connectivity index (χ1v) is 7.08. The predicted molar refractivity (Wildman–Crippen MR) is 89.9 cm³/mol. The van der Waals surface area contributed by atoms with Crippen molar-refractivity contribution in [2.75, 3.05) is 0 Å². The van der Waals surface area contributed by atoms with Crippen LogP contribution in [0, 0.1) is 10.1 Å². The number of nitro benzene ring substituents is 1. The van der Waals surface area contributed by atoms with Crippen molar-refractivity contribution in [3.63, 3.8) is 0 Å². The second kappa shape index (κ2) is 6.66. The van der Waals surface area contributed by atoms with E-state index in [1.54, 1.807) is 30.3 Å². The van der Waals surface area contributed by atoms with Crippen LogP contribution >= 0.6 is 0 Å². The molecular formula is C17H12N4O3. The number of carbonyl (C=O) groups excluding carboxylic acids is 1. The van der Waals surface area contributed by atoms with Gasteiger partial charge in [0.15, 0.2) is 0 Å². The molecule has 1 amide bonds. The van der Waals surface area contributed by atoms with Crippen LogP contribution < -0.4 is 5.43 Å². The van der Waals surface area contributed by atoms with Crippen molar-refractivity contribution in [1.82, 2.24) is 10.4 Å². The lowest BCUT2D eigenvalue weighted by molar-refractivity contribution is -0.385. The largest absolute Gasteiger partial charge is 0.289 e. The van der Waals surface area contributed by atoms with Crippen LogP contribution in [0.1, 0.15) is 16.1 Å². The first kappa shape index (κ1) is 15.3. The Balaban J connectivity index is 1.76. The number of benzene rings is 2. The molecule has 7 heteroatoms. The van der Waals surface area contributed by atoms with Crippen molar-refractivity contribution in [2.24, 2.45) is 5.10 Å². The number of hydrogen-bond donors (Lipinski definition) is 1. The quantitative estimate of drug-likeness (QED) is 0.454. The van der Waals surface area contributed by atoms with Crippen LogP contribution in [0.25, 0.3) is 10.9 Å². The molecule has 0 saturated carbocycles. The summed E-state index contributed by atoms with van der Waals surface area (Å²) < 4.78 is 0. The van der Waals surface area contributed by atoms with E-state index in [-0.39, 0.29) is 11.4 Å². The Morgan fingerprint density at radius 2 is 1.83 bits per heavy atom. The highest BCUT2D eigenvalue weighted by Gasteiger charge is 2.11. The van der Waals surface area contributed by atoms with Crippen LogP contribution in [0.3, 0.4) is 0 Å². The molecule has 0 aliphatic rings. The average molecular weight is 320 g/mol. The number of amides is 1. The lowest BCUT2D eigenvalue weighted by Crippen LogP contribution is -2.19. The van der Waals surface area contributed by atoms with Crippen molar-refractivity contribution in [1.29, 1.82) is 0 Å². The van der Waals surface area contributed by atoms with Crippen molar-refractivity contribution in [2.45, 2.75) is 0 Å². The number of fused-ring (bicyclic) bond motifs is 1. The molecule has 0 atom stereocenters. The Morgan fingerprint density at radius 1 is 1.08 bits per heavy atom. The number of para-hydroxylation sites is 2. The van der Waals surface area contributed by atoms with Gasteiger partial charge >= 0.3 is 0 Å². The zero-order chi connectivity index (χ0) is 16.9. The molecule has 24 heavy (non-hydrogen) atoms. The molecule has 0 bridgehead atoms. The van der Waals surface area contributed by atoms with Gasteiger partial charge in [-0.2, -0.15) is 5.10 Å². The average Bonchev–Trinajstić information content (AvgIpc) is 2.61. The number of nitrogens with zero attached hydrogens (tertiary/aromatic N) is 3. The van der Waals surface area contributed by atoms with Gasteiger partial charge in [-0.1, -0.05) is 36.4 Å². The van der Waals surface area contributed by atoms with E-state index in [0.29, 0.717) is 11.1 Å². The zero-order valence-electron chi connectivity index (χ0n) is 12.4. The van der Waals surface area contributed by atoms with Gasteiger partial charge in [-0.05, 0) is 18.2 Å². The summed E-state index contributed by atoms with van der Waals surface area (Å²) in [5.74, 6) is -0.490. The van der Waals surface area contributed by atoms with Crippen molar-refractivity contribution < 1.29 is 9.72 Å². The molecule has 0 aliphatic carbocycles. The zero-order valence-corrected chi connectivity index (χ0v) is 12.4. The maximum absolute atomic E-state index is 12.1. The van der Waals surface area contributed by atoms with Crippen molar-refractivity contribution >= 4 is 28.7 Å². The minimum Gasteiger partial charge on any atom is -0.266 e. The monoisotopic (exact) mass is 320 g/mol. The predicted octanol–water partition coefficient (Wildman–Crippen LogP) is 2.91. The van der Waals surface area contributed by atoms with Crippen LogP contribution in [0.4, 0.5) is 5.69 Å². The van der Waals surface area contributed by atoms with Gasteiger partial charge in [-0.25, -0.2) is 10.4 Å². The Bertz CT molecular complexity index is 953. The normalized spacial score (nSPS) is 10.8. The van der Waals surface area contributed by atoms with Gasteiger partial charge in [-0.15, -0.1) is 0 Å². The molecule has 1 aromatic heterocycles. The molecule has 0 radical (unpaired) electrons. The smallest absolute Gasteiger partial charge is 0.266 e. The minimum atomic E-state index is -0.506. The summed E-state index contributed by atoms with van der Waals surface area (Å²) in [6.45, 7) is 0. The first-order chi connectivity index (χ1) is 11.6. The third kappa shape index (κ3) is 3.25. The molecule has 2 aromatic carbocycles. The summed E-state index contributed by atoms with van der Waals surface area (Å²) in [5, 5.41) is 15.6. The van der Waals surface area contributed by atoms with Gasteiger partial charge in [0.25, 0.3) is 11.6 Å². The molecule has 3 aromatic rings. The van der Waals surface area contributed by atoms with E-state index < -0.39 is 10.8 Å². The maximum atomic E-state index is 12.1. The summed E-state index contributed by atoms with van der Waals surface area (Å²) >= 11 is 0. The van der Waals surface area contributed by atoms with E-state index in [1.165, 1.54) is 12.3 Å². The lowest BCUT2D eigenvalue weighted by Gasteiger charge is -2.01. The second-order valence-corrected chi connectivity index (χ2v) is 4.90. The number of carbonyl (C=O) groups is 1. The number of hydrazone groups is 1. The molecule has 0 aliphatic heterocycles. The summed E-state index contributed by atoms with van der Waals surface area (Å²) in [5.41, 5.74) is 3.46. The lowest BCUT2D eigenvalue weighted by atomic mass is 10.2. The van der Waals surface area contributed by atoms with Crippen LogP contribution in [0.15, 0.2) is 65.8 Å². The summed E-state index contributed by atoms with van der Waals surface area (Å²) in [6, 6.07) is 17.0. The van der Waals surface area contributed by atoms with Gasteiger partial charge in [-0.3, -0.25) is 14.9 Å². The number of pyridine rings is 1. The van der Waals surface area contributed by atoms with E-state index in [2.05, 4.69) is 15.5 Å². The maximum Gasteiger partial charge on any atom is 0.289 e. The summed E-state index contributed by atoms with van der Waals surface area (Å²) in [4.78, 5) is 26.7. The fraction of sp³-hybridized carbons (Fsp3) is 0. The number of nitrogens with one attached hydrogen (secondary N) is 1. The Labute approximate surface area is 136 Å². The van der Waals surface area contributed by atoms with Gasteiger partial charge in [0.1, 0.15) is 5.69 Å². The SMILES string of the molecule is O=C(NN=Cc1ccccc1[N+](=O)[O-])c1ccc2ccccc2n1. The van der Waals surface area contributed by atoms with Gasteiger partial charge in [0.2, 0.25) is 0 Å². The molecule has 1 N–H and O–H groups in total. The summed E-state index contributed by atoms with van der Waals surface area (Å²) in [6.07, 6.45) is 1.23. The number of rotatable bonds is 4. The van der Waals surface area contributed by atoms with Gasteiger partial charge in [0, 0.05) is 11.5 Å². The van der Waals surface area contributed by atoms with E-state index in [4.69, 9.17) is 0 Å². The molecule has 0 unspecified atom stereocenters. The van der Waals surface area contributed by atoms with Crippen LogP contribution in [0.2, 0.25) is 0 Å². The van der Waals surface area contributed by atoms with Gasteiger partial charge < -0.3 is 0 Å². The van der Waals surface area contributed by atoms with Crippen LogP contribution in [-0.4, -0.2) is 22.0 Å². The third-order valence-electron chi connectivity index (χ3n) is 3.33. The molecule has 0 spiro atoms. The van der Waals surface area contributed by atoms with Crippen molar-refractivity contribution in [3.05, 3.63) is 82.0 Å². The van der Waals surface area contributed by atoms with E-state index >= 15 is 0 Å². The molecule has 0 saturated heterocycles. The molecule has 7 nitrogen and oxygen atoms in total. The highest BCUT2D eigenvalue weighted by molar-refractivity contribution is 5.95. The van der Waals surface area contributed by atoms with Crippen LogP contribution in [-0.2, 0) is 0 Å². The number of aromatic nitrogens is 1. The fourth-order valence-corrected chi connectivity index (χ4v) is 2.17. The summed E-state index contributed by atoms with van der Waals surface area (Å²) in [7, 11) is 0.